The molecule has 0 spiro atoms. The number of thiazole rings is 1. The zero-order valence-electron chi connectivity index (χ0n) is 27.9. The number of aliphatic hydroxyl groups is 1. The van der Waals surface area contributed by atoms with Gasteiger partial charge in [-0.25, -0.2) is 14.8 Å². The summed E-state index contributed by atoms with van der Waals surface area (Å²) in [5.41, 5.74) is 10.3. The summed E-state index contributed by atoms with van der Waals surface area (Å²) < 4.78 is 1.44. The van der Waals surface area contributed by atoms with E-state index in [4.69, 9.17) is 10.6 Å². The van der Waals surface area contributed by atoms with Crippen molar-refractivity contribution >= 4 is 81.1 Å². The molecule has 3 atom stereocenters. The highest BCUT2D eigenvalue weighted by molar-refractivity contribution is 8.01. The molecule has 21 nitrogen and oxygen atoms in total. The predicted octanol–water partition coefficient (Wildman–Crippen LogP) is -0.524. The van der Waals surface area contributed by atoms with E-state index in [2.05, 4.69) is 41.4 Å². The molecule has 0 saturated carbocycles. The fraction of sp³-hybridized carbons (Fsp3) is 0.267. The van der Waals surface area contributed by atoms with E-state index in [0.29, 0.717) is 16.3 Å². The van der Waals surface area contributed by atoms with Crippen LogP contribution in [0.1, 0.15) is 34.5 Å². The minimum Gasteiger partial charge on any atom is -0.504 e. The lowest BCUT2D eigenvalue weighted by molar-refractivity contribution is -0.150. The van der Waals surface area contributed by atoms with Crippen molar-refractivity contribution in [1.29, 1.82) is 0 Å². The van der Waals surface area contributed by atoms with E-state index in [1.165, 1.54) is 46.4 Å². The van der Waals surface area contributed by atoms with Gasteiger partial charge in [0.2, 0.25) is 6.10 Å². The van der Waals surface area contributed by atoms with Gasteiger partial charge in [-0.1, -0.05) is 5.16 Å². The summed E-state index contributed by atoms with van der Waals surface area (Å²) in [5, 5.41) is 50.6. The van der Waals surface area contributed by atoms with E-state index in [1.54, 1.807) is 13.0 Å². The number of β-lactam (4-membered cyclic amide) rings is 1. The fourth-order valence-corrected chi connectivity index (χ4v) is 8.15. The molecule has 0 radical (unpaired) electrons. The number of fused-ring (bicyclic) bond motifs is 2. The molecule has 24 heteroatoms. The van der Waals surface area contributed by atoms with Crippen LogP contribution in [0.3, 0.4) is 0 Å². The molecule has 0 bridgehead atoms. The number of phenols is 2. The van der Waals surface area contributed by atoms with Gasteiger partial charge >= 0.3 is 5.97 Å². The number of aryl methyl sites for hydroxylation is 1. The maximum absolute atomic E-state index is 13.5. The largest absolute Gasteiger partial charge is 0.504 e. The van der Waals surface area contributed by atoms with Crippen molar-refractivity contribution in [2.24, 2.45) is 5.16 Å². The van der Waals surface area contributed by atoms with Gasteiger partial charge in [0.1, 0.15) is 34.4 Å². The fourth-order valence-electron chi connectivity index (χ4n) is 5.07. The number of nitrogens with two attached hydrogens (primary N) is 1. The number of hydrogen-bond donors (Lipinski definition) is 8. The third-order valence-electron chi connectivity index (χ3n) is 7.71. The number of aromatic nitrogens is 5. The lowest BCUT2D eigenvalue weighted by Crippen LogP contribution is -2.71. The topological polar surface area (TPSA) is 309 Å². The van der Waals surface area contributed by atoms with E-state index < -0.39 is 64.3 Å². The van der Waals surface area contributed by atoms with Gasteiger partial charge in [-0.3, -0.25) is 34.9 Å². The van der Waals surface area contributed by atoms with Gasteiger partial charge in [-0.15, -0.1) is 40.0 Å². The van der Waals surface area contributed by atoms with Crippen LogP contribution in [0.2, 0.25) is 0 Å². The van der Waals surface area contributed by atoms with Crippen molar-refractivity contribution in [3.63, 3.8) is 0 Å². The Hall–Kier alpha value is -5.98. The van der Waals surface area contributed by atoms with Crippen LogP contribution in [0.4, 0.5) is 5.13 Å². The molecule has 1 aromatic carbocycles. The normalized spacial score (nSPS) is 17.4. The average molecular weight is 800 g/mol. The van der Waals surface area contributed by atoms with Gasteiger partial charge in [0.25, 0.3) is 29.4 Å². The number of carbonyl (C=O) groups is 5. The van der Waals surface area contributed by atoms with E-state index >= 15 is 0 Å². The number of aliphatic hydroxyl groups excluding tert-OH is 1. The number of aromatic hydroxyl groups is 2. The first-order valence-corrected chi connectivity index (χ1v) is 18.4. The summed E-state index contributed by atoms with van der Waals surface area (Å²) in [5.74, 6) is -4.82. The summed E-state index contributed by atoms with van der Waals surface area (Å²) in [7, 11) is 0. The monoisotopic (exact) mass is 799 g/mol. The number of hydrazine groups is 1. The Bertz CT molecular complexity index is 2260. The van der Waals surface area contributed by atoms with Crippen molar-refractivity contribution in [3.05, 3.63) is 63.7 Å². The first-order chi connectivity index (χ1) is 25.7. The van der Waals surface area contributed by atoms with Crippen LogP contribution in [0.5, 0.6) is 11.5 Å². The van der Waals surface area contributed by atoms with Crippen LogP contribution in [0.15, 0.2) is 51.1 Å². The van der Waals surface area contributed by atoms with Crippen LogP contribution >= 0.6 is 34.9 Å². The van der Waals surface area contributed by atoms with Crippen molar-refractivity contribution in [2.75, 3.05) is 17.2 Å². The van der Waals surface area contributed by atoms with Crippen LogP contribution < -0.4 is 21.9 Å². The number of nitrogens with zero attached hydrogens (tertiary/aromatic N) is 7. The Balaban J connectivity index is 1.12. The second kappa shape index (κ2) is 15.6. The Morgan fingerprint density at radius 2 is 1.93 bits per heavy atom. The number of benzene rings is 1. The minimum absolute atomic E-state index is 0.0349. The molecule has 2 aliphatic rings. The number of nitrogen functional groups attached to an aromatic ring is 1. The van der Waals surface area contributed by atoms with E-state index in [1.807, 2.05) is 0 Å². The number of amides is 4. The Morgan fingerprint density at radius 1 is 1.15 bits per heavy atom. The summed E-state index contributed by atoms with van der Waals surface area (Å²) in [6, 6.07) is 3.86. The maximum Gasteiger partial charge on any atom is 0.352 e. The number of anilines is 1. The predicted molar refractivity (Wildman–Crippen MR) is 191 cm³/mol. The van der Waals surface area contributed by atoms with Crippen LogP contribution in [-0.2, 0) is 30.6 Å². The van der Waals surface area contributed by atoms with E-state index in [-0.39, 0.29) is 51.8 Å². The molecule has 2 unspecified atom stereocenters. The first-order valence-electron chi connectivity index (χ1n) is 15.5. The molecule has 4 aromatic rings. The van der Waals surface area contributed by atoms with Gasteiger partial charge in [-0.2, -0.15) is 9.50 Å². The second-order valence-electron chi connectivity index (χ2n) is 11.4. The molecule has 2 aliphatic heterocycles. The summed E-state index contributed by atoms with van der Waals surface area (Å²) >= 11 is 3.48. The molecular weight excluding hydrogens is 771 g/mol. The number of oxime groups is 1. The Kier molecular flexibility index (Phi) is 10.9. The molecule has 0 aliphatic carbocycles. The van der Waals surface area contributed by atoms with Crippen molar-refractivity contribution in [2.45, 2.75) is 43.0 Å². The number of carboxylic acids is 1. The smallest absolute Gasteiger partial charge is 0.352 e. The zero-order valence-corrected chi connectivity index (χ0v) is 30.4. The van der Waals surface area contributed by atoms with Crippen molar-refractivity contribution in [1.82, 2.24) is 45.6 Å². The SMILES string of the molecule is Cc1cc(SCC2=C(C(=O)O)N3C(=O)C(NC(=O)C(=NOC(C)C(=O)NNC(=O)c4ccc(O)c(O)c4)c4csc(N)n4)[C@@H]3SC2)n2nc(CO)nc2n1. The number of aliphatic carboxylic acids is 1. The molecule has 4 amide bonds. The summed E-state index contributed by atoms with van der Waals surface area (Å²) in [6.45, 7) is 2.63. The van der Waals surface area contributed by atoms with Gasteiger partial charge < -0.3 is 36.3 Å². The molecule has 1 saturated heterocycles. The number of hydrogen-bond acceptors (Lipinski definition) is 18. The molecule has 3 aromatic heterocycles. The quantitative estimate of drug-likeness (QED) is 0.0223. The number of rotatable bonds is 12. The van der Waals surface area contributed by atoms with E-state index in [9.17, 15) is 44.4 Å². The molecule has 282 valence electrons. The Morgan fingerprint density at radius 3 is 2.61 bits per heavy atom. The zero-order chi connectivity index (χ0) is 38.8. The highest BCUT2D eigenvalue weighted by atomic mass is 32.2. The highest BCUT2D eigenvalue weighted by Gasteiger charge is 2.54. The third kappa shape index (κ3) is 7.71. The van der Waals surface area contributed by atoms with Gasteiger partial charge in [-0.05, 0) is 43.7 Å². The third-order valence-corrected chi connectivity index (χ3v) is 10.8. The van der Waals surface area contributed by atoms with Crippen LogP contribution in [-0.4, -0.2) is 114 Å². The Labute approximate surface area is 315 Å². The van der Waals surface area contributed by atoms with Crippen LogP contribution in [0.25, 0.3) is 5.78 Å². The number of nitrogens with one attached hydrogen (secondary N) is 3. The molecule has 9 N–H and O–H groups in total. The highest BCUT2D eigenvalue weighted by Crippen LogP contribution is 2.41. The van der Waals surface area contributed by atoms with Gasteiger partial charge in [0.15, 0.2) is 28.2 Å². The van der Waals surface area contributed by atoms with Crippen LogP contribution in [0, 0.1) is 6.92 Å². The molecular formula is C30H29N11O10S3. The van der Waals surface area contributed by atoms with Crippen molar-refractivity contribution < 1.29 is 49.2 Å². The summed E-state index contributed by atoms with van der Waals surface area (Å²) in [4.78, 5) is 83.3. The second-order valence-corrected chi connectivity index (χ2v) is 14.4. The molecule has 54 heavy (non-hydrogen) atoms. The average Bonchev–Trinajstić information content (AvgIpc) is 3.77. The first kappa shape index (κ1) is 37.8. The number of carbonyl (C=O) groups excluding carboxylic acids is 4. The number of thioether (sulfide) groups is 2. The van der Waals surface area contributed by atoms with Gasteiger partial charge in [0.05, 0.1) is 0 Å². The van der Waals surface area contributed by atoms with Crippen molar-refractivity contribution in [3.8, 4) is 11.5 Å². The van der Waals surface area contributed by atoms with Gasteiger partial charge in [0, 0.05) is 28.1 Å². The summed E-state index contributed by atoms with van der Waals surface area (Å²) in [6.07, 6.45) is -1.39. The standard InChI is InChI=1S/C30H29N11O10S3/c1-11-5-19(41-30(32-11)34-18(7-42)38-41)52-8-14-9-53-27-21(26(48)40(27)22(14)28(49)50)35-25(47)20(15-10-54-29(31)33-15)39-51-12(2)23(45)36-37-24(46)13-3-4-16(43)17(44)6-13/h3-6,10,12,21,27,42-44H,7-9H2,1-2H3,(H2,31,33)(H,35,47)(H,36,45)(H,37,46)(H,49,50)/t12?,21?,27-/m0/s1. The molecule has 1 fully saturated rings. The minimum atomic E-state index is -1.39. The van der Waals surface area contributed by atoms with E-state index in [0.717, 1.165) is 28.4 Å². The maximum atomic E-state index is 13.5. The molecule has 6 rings (SSSR count). The number of phenolic OH excluding ortho intramolecular Hbond substituents is 2. The number of carboxylic acid groups (broad SMARTS) is 1. The molecule has 5 heterocycles. The lowest BCUT2D eigenvalue weighted by Gasteiger charge is -2.49. The lowest BCUT2D eigenvalue weighted by atomic mass is 10.0.